The Labute approximate surface area is 232 Å². The molecule has 10 heteroatoms. The molecule has 214 valence electrons. The van der Waals surface area contributed by atoms with Gasteiger partial charge in [0.25, 0.3) is 0 Å². The van der Waals surface area contributed by atoms with E-state index in [1.54, 1.807) is 0 Å². The molecule has 0 bridgehead atoms. The Morgan fingerprint density at radius 2 is 1.68 bits per heavy atom. The lowest BCUT2D eigenvalue weighted by Crippen LogP contribution is -2.67. The molecule has 2 aliphatic rings. The molecule has 1 N–H and O–H groups in total. The van der Waals surface area contributed by atoms with E-state index in [0.717, 1.165) is 27.1 Å². The highest BCUT2D eigenvalue weighted by atomic mass is 32.2. The smallest absolute Gasteiger partial charge is 0.395 e. The molecule has 3 atom stereocenters. The molecule has 0 aliphatic carbocycles. The minimum atomic E-state index is -5.03. The number of aliphatic hydroxyl groups excluding tert-OH is 1. The summed E-state index contributed by atoms with van der Waals surface area (Å²) in [7, 11) is -4.58. The summed E-state index contributed by atoms with van der Waals surface area (Å²) in [6.07, 6.45) is -3.94. The van der Waals surface area contributed by atoms with Crippen LogP contribution in [0.2, 0.25) is 0 Å². The SMILES string of the molecule is Cc1cccc(-c2ccc(C3[C@@H](CO)N4CCCCN(S(=O)(=O)c5ccc(F)cc5C(F)(F)F)C[C@@H]34)cc2)c1C. The van der Waals surface area contributed by atoms with E-state index in [1.165, 1.54) is 11.1 Å². The highest BCUT2D eigenvalue weighted by Crippen LogP contribution is 2.44. The molecular weight excluding hydrogens is 544 g/mol. The molecule has 2 heterocycles. The van der Waals surface area contributed by atoms with Crippen molar-refractivity contribution in [1.82, 2.24) is 9.21 Å². The fourth-order valence-corrected chi connectivity index (χ4v) is 7.85. The van der Waals surface area contributed by atoms with Crippen LogP contribution in [-0.4, -0.2) is 61.1 Å². The van der Waals surface area contributed by atoms with Crippen LogP contribution in [0.25, 0.3) is 11.1 Å². The molecule has 0 aromatic heterocycles. The van der Waals surface area contributed by atoms with Crippen LogP contribution in [0.4, 0.5) is 17.6 Å². The minimum Gasteiger partial charge on any atom is -0.395 e. The summed E-state index contributed by atoms with van der Waals surface area (Å²) >= 11 is 0. The number of sulfonamides is 1. The van der Waals surface area contributed by atoms with Gasteiger partial charge in [-0.1, -0.05) is 42.5 Å². The maximum absolute atomic E-state index is 13.7. The Morgan fingerprint density at radius 3 is 2.35 bits per heavy atom. The number of hydrogen-bond donors (Lipinski definition) is 1. The lowest BCUT2D eigenvalue weighted by atomic mass is 9.74. The fraction of sp³-hybridized carbons (Fsp3) is 0.400. The zero-order chi connectivity index (χ0) is 28.8. The topological polar surface area (TPSA) is 60.9 Å². The van der Waals surface area contributed by atoms with E-state index in [0.29, 0.717) is 25.5 Å². The van der Waals surface area contributed by atoms with E-state index in [-0.39, 0.29) is 43.8 Å². The van der Waals surface area contributed by atoms with Crippen molar-refractivity contribution < 1.29 is 31.1 Å². The molecule has 3 aromatic carbocycles. The van der Waals surface area contributed by atoms with Crippen molar-refractivity contribution in [2.75, 3.05) is 26.2 Å². The summed E-state index contributed by atoms with van der Waals surface area (Å²) in [6, 6.07) is 15.2. The molecule has 2 fully saturated rings. The van der Waals surface area contributed by atoms with Crippen molar-refractivity contribution >= 4 is 10.0 Å². The Balaban J connectivity index is 1.47. The monoisotopic (exact) mass is 576 g/mol. The van der Waals surface area contributed by atoms with Gasteiger partial charge in [0.1, 0.15) is 5.82 Å². The van der Waals surface area contributed by atoms with Crippen molar-refractivity contribution in [3.8, 4) is 11.1 Å². The van der Waals surface area contributed by atoms with E-state index < -0.39 is 32.5 Å². The van der Waals surface area contributed by atoms with Gasteiger partial charge < -0.3 is 5.11 Å². The predicted octanol–water partition coefficient (Wildman–Crippen LogP) is 5.74. The van der Waals surface area contributed by atoms with Gasteiger partial charge in [-0.15, -0.1) is 0 Å². The average molecular weight is 577 g/mol. The molecule has 5 rings (SSSR count). The molecule has 1 unspecified atom stereocenters. The summed E-state index contributed by atoms with van der Waals surface area (Å²) in [6.45, 7) is 4.69. The summed E-state index contributed by atoms with van der Waals surface area (Å²) in [5.74, 6) is -1.36. The fourth-order valence-electron chi connectivity index (χ4n) is 6.16. The first-order chi connectivity index (χ1) is 18.9. The van der Waals surface area contributed by atoms with Crippen LogP contribution in [0.1, 0.15) is 41.0 Å². The molecule has 0 amide bonds. The number of aliphatic hydroxyl groups is 1. The predicted molar refractivity (Wildman–Crippen MR) is 145 cm³/mol. The zero-order valence-electron chi connectivity index (χ0n) is 22.3. The molecule has 0 radical (unpaired) electrons. The molecule has 2 aliphatic heterocycles. The summed E-state index contributed by atoms with van der Waals surface area (Å²) in [4.78, 5) is 1.11. The Morgan fingerprint density at radius 1 is 0.975 bits per heavy atom. The average Bonchev–Trinajstić information content (AvgIpc) is 2.89. The van der Waals surface area contributed by atoms with E-state index >= 15 is 0 Å². The number of nitrogens with zero attached hydrogens (tertiary/aromatic N) is 2. The van der Waals surface area contributed by atoms with Crippen molar-refractivity contribution in [3.63, 3.8) is 0 Å². The van der Waals surface area contributed by atoms with Gasteiger partial charge in [-0.2, -0.15) is 17.5 Å². The molecule has 0 saturated carbocycles. The van der Waals surface area contributed by atoms with Gasteiger partial charge in [-0.05, 0) is 79.3 Å². The molecule has 0 spiro atoms. The highest BCUT2D eigenvalue weighted by molar-refractivity contribution is 7.89. The molecule has 5 nitrogen and oxygen atoms in total. The quantitative estimate of drug-likeness (QED) is 0.394. The second-order valence-electron chi connectivity index (χ2n) is 10.7. The van der Waals surface area contributed by atoms with Gasteiger partial charge >= 0.3 is 6.18 Å². The second kappa shape index (κ2) is 10.9. The first kappa shape index (κ1) is 28.7. The first-order valence-corrected chi connectivity index (χ1v) is 14.8. The largest absolute Gasteiger partial charge is 0.417 e. The number of aryl methyl sites for hydroxylation is 1. The Bertz CT molecular complexity index is 1490. The van der Waals surface area contributed by atoms with Gasteiger partial charge in [0.15, 0.2) is 0 Å². The van der Waals surface area contributed by atoms with E-state index in [4.69, 9.17) is 0 Å². The van der Waals surface area contributed by atoms with Gasteiger partial charge in [-0.25, -0.2) is 12.8 Å². The molecule has 2 saturated heterocycles. The standard InChI is InChI=1S/C30H32F4N2O3S/c1-19-6-5-7-24(20(19)2)21-8-10-22(11-9-21)29-26-17-35(14-3-4-15-36(26)27(29)18-37)40(38,39)28-13-12-23(31)16-25(28)30(32,33)34/h5-13,16,26-27,29,37H,3-4,14-15,17-18H2,1-2H3/t26-,27+,29?/m0/s1. The third kappa shape index (κ3) is 5.18. The lowest BCUT2D eigenvalue weighted by molar-refractivity contribution is -0.140. The normalized spacial score (nSPS) is 22.7. The number of halogens is 4. The van der Waals surface area contributed by atoms with Crippen LogP contribution >= 0.6 is 0 Å². The van der Waals surface area contributed by atoms with Gasteiger partial charge in [0, 0.05) is 31.1 Å². The van der Waals surface area contributed by atoms with E-state index in [2.05, 4.69) is 30.9 Å². The van der Waals surface area contributed by atoms with Crippen molar-refractivity contribution in [3.05, 3.63) is 88.7 Å². The number of benzene rings is 3. The molecule has 3 aromatic rings. The number of hydrogen-bond acceptors (Lipinski definition) is 4. The van der Waals surface area contributed by atoms with Gasteiger partial charge in [0.2, 0.25) is 10.0 Å². The van der Waals surface area contributed by atoms with Crippen LogP contribution in [0.15, 0.2) is 65.6 Å². The third-order valence-electron chi connectivity index (χ3n) is 8.41. The van der Waals surface area contributed by atoms with Crippen molar-refractivity contribution in [2.45, 2.75) is 55.8 Å². The third-order valence-corrected chi connectivity index (χ3v) is 10.3. The van der Waals surface area contributed by atoms with Crippen LogP contribution in [-0.2, 0) is 16.2 Å². The lowest BCUT2D eigenvalue weighted by Gasteiger charge is -2.57. The minimum absolute atomic E-state index is 0.0308. The molecule has 40 heavy (non-hydrogen) atoms. The Hall–Kier alpha value is -2.79. The summed E-state index contributed by atoms with van der Waals surface area (Å²) in [5, 5.41) is 10.2. The zero-order valence-corrected chi connectivity index (χ0v) is 23.1. The van der Waals surface area contributed by atoms with Gasteiger partial charge in [0.05, 0.1) is 17.1 Å². The van der Waals surface area contributed by atoms with E-state index in [1.807, 2.05) is 30.3 Å². The number of fused-ring (bicyclic) bond motifs is 1. The number of rotatable bonds is 5. The summed E-state index contributed by atoms with van der Waals surface area (Å²) in [5.41, 5.74) is 3.94. The van der Waals surface area contributed by atoms with Crippen molar-refractivity contribution in [2.24, 2.45) is 0 Å². The van der Waals surface area contributed by atoms with Crippen LogP contribution in [0, 0.1) is 19.7 Å². The van der Waals surface area contributed by atoms with Gasteiger partial charge in [-0.3, -0.25) is 4.90 Å². The van der Waals surface area contributed by atoms with Crippen LogP contribution in [0.3, 0.4) is 0 Å². The highest BCUT2D eigenvalue weighted by Gasteiger charge is 2.51. The number of alkyl halides is 3. The molecular formula is C30H32F4N2O3S. The van der Waals surface area contributed by atoms with Crippen LogP contribution in [0.5, 0.6) is 0 Å². The van der Waals surface area contributed by atoms with E-state index in [9.17, 15) is 31.1 Å². The first-order valence-electron chi connectivity index (χ1n) is 13.3. The summed E-state index contributed by atoms with van der Waals surface area (Å²) < 4.78 is 83.2. The van der Waals surface area contributed by atoms with Crippen molar-refractivity contribution in [1.29, 1.82) is 0 Å². The maximum Gasteiger partial charge on any atom is 0.417 e. The second-order valence-corrected chi connectivity index (χ2v) is 12.6. The Kier molecular flexibility index (Phi) is 7.82. The maximum atomic E-state index is 13.7. The van der Waals surface area contributed by atoms with Crippen LogP contribution < -0.4 is 0 Å².